The first kappa shape index (κ1) is 12.8. The van der Waals surface area contributed by atoms with Gasteiger partial charge in [0.25, 0.3) is 0 Å². The number of hydrogen-bond acceptors (Lipinski definition) is 6. The van der Waals surface area contributed by atoms with Crippen LogP contribution in [0.2, 0.25) is 0 Å². The van der Waals surface area contributed by atoms with E-state index in [1.165, 1.54) is 6.42 Å². The predicted molar refractivity (Wildman–Crippen MR) is 70.5 cm³/mol. The van der Waals surface area contributed by atoms with Gasteiger partial charge in [0, 0.05) is 25.0 Å². The number of ether oxygens (including phenoxy) is 2. The Kier molecular flexibility index (Phi) is 3.91. The Labute approximate surface area is 112 Å². The highest BCUT2D eigenvalue weighted by Crippen LogP contribution is 2.23. The molecular formula is C13H20N4O2. The number of fused-ring (bicyclic) bond motifs is 1. The number of nitrogens with two attached hydrogens (primary N) is 1. The Morgan fingerprint density at radius 2 is 2.21 bits per heavy atom. The number of hydrazine groups is 1. The van der Waals surface area contributed by atoms with Crippen LogP contribution >= 0.6 is 0 Å². The van der Waals surface area contributed by atoms with Crippen molar-refractivity contribution in [3.8, 4) is 0 Å². The number of hydrogen-bond donors (Lipinski definition) is 2. The Balaban J connectivity index is 1.81. The second-order valence-corrected chi connectivity index (χ2v) is 5.05. The molecule has 0 aliphatic carbocycles. The molecule has 104 valence electrons. The monoisotopic (exact) mass is 264 g/mol. The zero-order valence-electron chi connectivity index (χ0n) is 11.0. The van der Waals surface area contributed by atoms with Crippen LogP contribution < -0.4 is 11.3 Å². The van der Waals surface area contributed by atoms with E-state index in [2.05, 4.69) is 15.4 Å². The van der Waals surface area contributed by atoms with Crippen molar-refractivity contribution in [3.05, 3.63) is 17.1 Å². The van der Waals surface area contributed by atoms with E-state index in [4.69, 9.17) is 15.3 Å². The van der Waals surface area contributed by atoms with Gasteiger partial charge < -0.3 is 14.9 Å². The van der Waals surface area contributed by atoms with Crippen molar-refractivity contribution in [2.24, 2.45) is 5.84 Å². The molecule has 1 aromatic rings. The second kappa shape index (κ2) is 5.81. The molecule has 1 fully saturated rings. The van der Waals surface area contributed by atoms with E-state index >= 15 is 0 Å². The third-order valence-electron chi connectivity index (χ3n) is 3.69. The number of nitrogens with zero attached hydrogens (tertiary/aromatic N) is 2. The summed E-state index contributed by atoms with van der Waals surface area (Å²) in [5, 5.41) is 0. The first-order valence-electron chi connectivity index (χ1n) is 6.91. The minimum atomic E-state index is 0.247. The van der Waals surface area contributed by atoms with Crippen LogP contribution in [0, 0.1) is 0 Å². The molecule has 6 nitrogen and oxygen atoms in total. The Morgan fingerprint density at radius 3 is 3.00 bits per heavy atom. The lowest BCUT2D eigenvalue weighted by atomic mass is 10.1. The van der Waals surface area contributed by atoms with E-state index in [1.807, 2.05) is 0 Å². The van der Waals surface area contributed by atoms with Crippen LogP contribution in [0.25, 0.3) is 0 Å². The molecule has 0 bridgehead atoms. The van der Waals surface area contributed by atoms with Gasteiger partial charge in [-0.05, 0) is 19.3 Å². The van der Waals surface area contributed by atoms with Gasteiger partial charge in [0.1, 0.15) is 11.6 Å². The minimum absolute atomic E-state index is 0.247. The lowest BCUT2D eigenvalue weighted by Gasteiger charge is -2.23. The van der Waals surface area contributed by atoms with E-state index in [9.17, 15) is 0 Å². The van der Waals surface area contributed by atoms with Crippen molar-refractivity contribution in [1.29, 1.82) is 0 Å². The molecule has 6 heteroatoms. The third-order valence-corrected chi connectivity index (χ3v) is 3.69. The normalized spacial score (nSPS) is 22.9. The summed E-state index contributed by atoms with van der Waals surface area (Å²) in [6.45, 7) is 2.11. The van der Waals surface area contributed by atoms with Crippen molar-refractivity contribution < 1.29 is 9.47 Å². The molecule has 0 amide bonds. The van der Waals surface area contributed by atoms with E-state index in [0.29, 0.717) is 19.0 Å². The average Bonchev–Trinajstić information content (AvgIpc) is 2.47. The largest absolute Gasteiger partial charge is 0.378 e. The number of anilines is 1. The maximum Gasteiger partial charge on any atom is 0.149 e. The van der Waals surface area contributed by atoms with Crippen molar-refractivity contribution in [1.82, 2.24) is 9.97 Å². The van der Waals surface area contributed by atoms with Crippen molar-refractivity contribution in [2.75, 3.05) is 18.6 Å². The van der Waals surface area contributed by atoms with Crippen molar-refractivity contribution >= 4 is 5.82 Å². The fourth-order valence-electron chi connectivity index (χ4n) is 2.67. The Bertz CT molecular complexity index is 429. The summed E-state index contributed by atoms with van der Waals surface area (Å²) in [7, 11) is 0. The van der Waals surface area contributed by atoms with E-state index in [1.54, 1.807) is 0 Å². The molecule has 1 saturated heterocycles. The fraction of sp³-hybridized carbons (Fsp3) is 0.692. The second-order valence-electron chi connectivity index (χ2n) is 5.05. The Morgan fingerprint density at radius 1 is 1.26 bits per heavy atom. The van der Waals surface area contributed by atoms with E-state index < -0.39 is 0 Å². The van der Waals surface area contributed by atoms with Crippen LogP contribution in [0.4, 0.5) is 5.82 Å². The van der Waals surface area contributed by atoms with Crippen molar-refractivity contribution in [3.63, 3.8) is 0 Å². The van der Waals surface area contributed by atoms with Crippen LogP contribution in [0.15, 0.2) is 0 Å². The summed E-state index contributed by atoms with van der Waals surface area (Å²) in [4.78, 5) is 9.14. The SMILES string of the molecule is NNc1nc(CC2CCCCO2)nc2c1COCC2. The zero-order valence-corrected chi connectivity index (χ0v) is 11.0. The summed E-state index contributed by atoms with van der Waals surface area (Å²) in [5.41, 5.74) is 4.70. The minimum Gasteiger partial charge on any atom is -0.378 e. The first-order chi connectivity index (χ1) is 9.36. The van der Waals surface area contributed by atoms with Gasteiger partial charge in [0.15, 0.2) is 0 Å². The third kappa shape index (κ3) is 2.86. The predicted octanol–water partition coefficient (Wildman–Crippen LogP) is 0.946. The van der Waals surface area contributed by atoms with Crippen LogP contribution in [0.3, 0.4) is 0 Å². The lowest BCUT2D eigenvalue weighted by molar-refractivity contribution is 0.0155. The topological polar surface area (TPSA) is 82.3 Å². The molecule has 1 unspecified atom stereocenters. The molecule has 3 rings (SSSR count). The molecule has 0 spiro atoms. The van der Waals surface area contributed by atoms with Gasteiger partial charge in [-0.25, -0.2) is 15.8 Å². The number of nitrogen functional groups attached to an aromatic ring is 1. The highest BCUT2D eigenvalue weighted by atomic mass is 16.5. The van der Waals surface area contributed by atoms with E-state index in [-0.39, 0.29) is 6.10 Å². The van der Waals surface area contributed by atoms with Gasteiger partial charge in [-0.3, -0.25) is 0 Å². The van der Waals surface area contributed by atoms with Gasteiger partial charge in [-0.1, -0.05) is 0 Å². The molecule has 19 heavy (non-hydrogen) atoms. The van der Waals surface area contributed by atoms with Gasteiger partial charge >= 0.3 is 0 Å². The highest BCUT2D eigenvalue weighted by Gasteiger charge is 2.21. The smallest absolute Gasteiger partial charge is 0.149 e. The summed E-state index contributed by atoms with van der Waals surface area (Å²) in [6.07, 6.45) is 5.32. The van der Waals surface area contributed by atoms with Gasteiger partial charge in [-0.2, -0.15) is 0 Å². The zero-order chi connectivity index (χ0) is 13.1. The number of rotatable bonds is 3. The van der Waals surface area contributed by atoms with Gasteiger partial charge in [0.2, 0.25) is 0 Å². The van der Waals surface area contributed by atoms with Crippen LogP contribution in [0.1, 0.15) is 36.3 Å². The molecule has 0 radical (unpaired) electrons. The molecule has 3 N–H and O–H groups in total. The maximum absolute atomic E-state index is 5.74. The van der Waals surface area contributed by atoms with E-state index in [0.717, 1.165) is 49.4 Å². The lowest BCUT2D eigenvalue weighted by Crippen LogP contribution is -2.25. The fourth-order valence-corrected chi connectivity index (χ4v) is 2.67. The molecule has 2 aliphatic rings. The standard InChI is InChI=1S/C13H20N4O2/c14-17-13-10-8-18-6-4-11(10)15-12(16-13)7-9-3-1-2-5-19-9/h9H,1-8,14H2,(H,15,16,17). The quantitative estimate of drug-likeness (QED) is 0.624. The number of nitrogens with one attached hydrogen (secondary N) is 1. The molecule has 1 aromatic heterocycles. The van der Waals surface area contributed by atoms with Crippen LogP contribution in [0.5, 0.6) is 0 Å². The molecule has 1 atom stereocenters. The summed E-state index contributed by atoms with van der Waals surface area (Å²) in [6, 6.07) is 0. The van der Waals surface area contributed by atoms with Crippen LogP contribution in [-0.2, 0) is 28.9 Å². The first-order valence-corrected chi connectivity index (χ1v) is 6.91. The maximum atomic E-state index is 5.74. The van der Waals surface area contributed by atoms with Gasteiger partial charge in [0.05, 0.1) is 25.0 Å². The average molecular weight is 264 g/mol. The molecular weight excluding hydrogens is 244 g/mol. The molecule has 0 saturated carbocycles. The molecule has 3 heterocycles. The number of aromatic nitrogens is 2. The summed E-state index contributed by atoms with van der Waals surface area (Å²) in [5.74, 6) is 7.06. The summed E-state index contributed by atoms with van der Waals surface area (Å²) >= 11 is 0. The highest BCUT2D eigenvalue weighted by molar-refractivity contribution is 5.46. The molecule has 2 aliphatic heterocycles. The van der Waals surface area contributed by atoms with Gasteiger partial charge in [-0.15, -0.1) is 0 Å². The Hall–Kier alpha value is -1.24. The molecule has 0 aromatic carbocycles. The van der Waals surface area contributed by atoms with Crippen LogP contribution in [-0.4, -0.2) is 29.3 Å². The summed E-state index contributed by atoms with van der Waals surface area (Å²) < 4.78 is 11.2. The van der Waals surface area contributed by atoms with Crippen molar-refractivity contribution in [2.45, 2.75) is 44.8 Å².